The van der Waals surface area contributed by atoms with Gasteiger partial charge in [-0.3, -0.25) is 10.1 Å². The summed E-state index contributed by atoms with van der Waals surface area (Å²) in [5.74, 6) is 0.268. The normalized spacial score (nSPS) is 10.7. The van der Waals surface area contributed by atoms with E-state index in [-0.39, 0.29) is 24.1 Å². The maximum atomic E-state index is 11.1. The lowest BCUT2D eigenvalue weighted by molar-refractivity contribution is -0.698. The summed E-state index contributed by atoms with van der Waals surface area (Å²) in [4.78, 5) is 10.6. The van der Waals surface area contributed by atoms with Gasteiger partial charge in [-0.1, -0.05) is 0 Å². The molecule has 1 aromatic carbocycles. The Kier molecular flexibility index (Phi) is 5.06. The molecule has 1 aromatic heterocycles. The Labute approximate surface area is 128 Å². The third kappa shape index (κ3) is 3.79. The number of nitro groups is 1. The molecule has 0 aliphatic rings. The van der Waals surface area contributed by atoms with Gasteiger partial charge in [-0.15, -0.1) is 0 Å². The number of rotatable bonds is 6. The molecule has 0 atom stereocenters. The highest BCUT2D eigenvalue weighted by Gasteiger charge is 2.17. The van der Waals surface area contributed by atoms with E-state index < -0.39 is 4.92 Å². The molecule has 116 valence electrons. The van der Waals surface area contributed by atoms with E-state index in [1.54, 1.807) is 12.1 Å². The Morgan fingerprint density at radius 3 is 2.45 bits per heavy atom. The Bertz CT molecular complexity index is 654. The minimum absolute atomic E-state index is 0.0382. The van der Waals surface area contributed by atoms with Crippen LogP contribution in [0.15, 0.2) is 42.7 Å². The molecule has 2 aromatic rings. The van der Waals surface area contributed by atoms with Crippen LogP contribution in [-0.4, -0.2) is 22.7 Å². The third-order valence-electron chi connectivity index (χ3n) is 3.10. The molecule has 0 saturated heterocycles. The molecule has 0 fully saturated rings. The highest BCUT2D eigenvalue weighted by molar-refractivity contribution is 5.67. The molecule has 0 saturated carbocycles. The number of aromatic nitrogens is 1. The fourth-order valence-corrected chi connectivity index (χ4v) is 2.11. The van der Waals surface area contributed by atoms with Gasteiger partial charge >= 0.3 is 5.69 Å². The topological polar surface area (TPSA) is 76.5 Å². The Balaban J connectivity index is 2.36. The Morgan fingerprint density at radius 2 is 1.91 bits per heavy atom. The van der Waals surface area contributed by atoms with Crippen molar-refractivity contribution in [3.8, 4) is 16.9 Å². The number of aliphatic hydroxyl groups is 1. The van der Waals surface area contributed by atoms with Crippen LogP contribution in [0.5, 0.6) is 5.75 Å². The van der Waals surface area contributed by atoms with Crippen LogP contribution in [0.2, 0.25) is 0 Å². The lowest BCUT2D eigenvalue weighted by atomic mass is 10.1. The second-order valence-electron chi connectivity index (χ2n) is 5.15. The van der Waals surface area contributed by atoms with Crippen LogP contribution in [0.3, 0.4) is 0 Å². The van der Waals surface area contributed by atoms with Gasteiger partial charge in [0.25, 0.3) is 0 Å². The average Bonchev–Trinajstić information content (AvgIpc) is 2.47. The summed E-state index contributed by atoms with van der Waals surface area (Å²) < 4.78 is 7.41. The number of nitro benzene ring substituents is 1. The number of hydrogen-bond acceptors (Lipinski definition) is 4. The highest BCUT2D eigenvalue weighted by atomic mass is 16.6. The summed E-state index contributed by atoms with van der Waals surface area (Å²) in [6.45, 7) is 4.27. The van der Waals surface area contributed by atoms with Gasteiger partial charge < -0.3 is 9.84 Å². The maximum absolute atomic E-state index is 11.1. The summed E-state index contributed by atoms with van der Waals surface area (Å²) in [5.41, 5.74) is 1.74. The lowest BCUT2D eigenvalue weighted by Crippen LogP contribution is -2.34. The fraction of sp³-hybridized carbons (Fsp3) is 0.312. The molecule has 0 bridgehead atoms. The monoisotopic (exact) mass is 303 g/mol. The quantitative estimate of drug-likeness (QED) is 0.505. The molecule has 0 aliphatic heterocycles. The van der Waals surface area contributed by atoms with Gasteiger partial charge in [0.1, 0.15) is 6.61 Å². The van der Waals surface area contributed by atoms with Gasteiger partial charge in [0, 0.05) is 18.2 Å². The highest BCUT2D eigenvalue weighted by Crippen LogP contribution is 2.32. The molecule has 6 nitrogen and oxygen atoms in total. The molecule has 0 amide bonds. The first kappa shape index (κ1) is 15.9. The van der Waals surface area contributed by atoms with E-state index in [4.69, 9.17) is 9.84 Å². The van der Waals surface area contributed by atoms with Crippen molar-refractivity contribution in [3.05, 3.63) is 52.8 Å². The molecule has 2 rings (SSSR count). The molecule has 0 unspecified atom stereocenters. The zero-order valence-electron chi connectivity index (χ0n) is 12.6. The van der Waals surface area contributed by atoms with E-state index in [0.717, 1.165) is 11.1 Å². The summed E-state index contributed by atoms with van der Waals surface area (Å²) >= 11 is 0. The molecular formula is C16H19N2O4+. The standard InChI is InChI=1S/C16H19N2O4/c1-12(2)22-16-11-14(3-4-15(16)18(20)21)13-5-7-17(8-6-13)9-10-19/h3-8,11-12,19H,9-10H2,1-2H3/q+1. The van der Waals surface area contributed by atoms with E-state index in [9.17, 15) is 10.1 Å². The molecular weight excluding hydrogens is 284 g/mol. The second-order valence-corrected chi connectivity index (χ2v) is 5.15. The largest absolute Gasteiger partial charge is 0.484 e. The van der Waals surface area contributed by atoms with Crippen molar-refractivity contribution < 1.29 is 19.3 Å². The SMILES string of the molecule is CC(C)Oc1cc(-c2cc[n+](CCO)cc2)ccc1[N+](=O)[O-]. The molecule has 22 heavy (non-hydrogen) atoms. The van der Waals surface area contributed by atoms with Gasteiger partial charge in [-0.25, -0.2) is 4.57 Å². The minimum atomic E-state index is -0.443. The van der Waals surface area contributed by atoms with Gasteiger partial charge in [0.2, 0.25) is 0 Å². The number of ether oxygens (including phenoxy) is 1. The van der Waals surface area contributed by atoms with E-state index in [1.807, 2.05) is 42.9 Å². The molecule has 0 radical (unpaired) electrons. The first-order valence-corrected chi connectivity index (χ1v) is 7.06. The van der Waals surface area contributed by atoms with Crippen molar-refractivity contribution in [2.45, 2.75) is 26.5 Å². The first-order chi connectivity index (χ1) is 10.5. The van der Waals surface area contributed by atoms with Crippen molar-refractivity contribution in [3.63, 3.8) is 0 Å². The molecule has 0 aliphatic carbocycles. The van der Waals surface area contributed by atoms with Gasteiger partial charge in [-0.2, -0.15) is 0 Å². The Hall–Kier alpha value is -2.47. The van der Waals surface area contributed by atoms with E-state index in [0.29, 0.717) is 6.54 Å². The van der Waals surface area contributed by atoms with Crippen molar-refractivity contribution in [2.24, 2.45) is 0 Å². The van der Waals surface area contributed by atoms with Crippen molar-refractivity contribution in [1.82, 2.24) is 0 Å². The van der Waals surface area contributed by atoms with Gasteiger partial charge in [0.05, 0.1) is 11.0 Å². The number of nitrogens with zero attached hydrogens (tertiary/aromatic N) is 2. The first-order valence-electron chi connectivity index (χ1n) is 7.06. The van der Waals surface area contributed by atoms with Crippen molar-refractivity contribution >= 4 is 5.69 Å². The lowest BCUT2D eigenvalue weighted by Gasteiger charge is -2.11. The summed E-state index contributed by atoms with van der Waals surface area (Å²) in [5, 5.41) is 20.0. The summed E-state index contributed by atoms with van der Waals surface area (Å²) in [6, 6.07) is 8.65. The van der Waals surface area contributed by atoms with E-state index in [1.165, 1.54) is 6.07 Å². The molecule has 1 heterocycles. The molecule has 0 spiro atoms. The third-order valence-corrected chi connectivity index (χ3v) is 3.10. The fourth-order valence-electron chi connectivity index (χ4n) is 2.11. The van der Waals surface area contributed by atoms with Crippen LogP contribution >= 0.6 is 0 Å². The van der Waals surface area contributed by atoms with Gasteiger partial charge in [0.15, 0.2) is 24.7 Å². The maximum Gasteiger partial charge on any atom is 0.310 e. The van der Waals surface area contributed by atoms with Crippen molar-refractivity contribution in [2.75, 3.05) is 6.61 Å². The van der Waals surface area contributed by atoms with Crippen LogP contribution in [0.4, 0.5) is 5.69 Å². The second kappa shape index (κ2) is 7.00. The molecule has 1 N–H and O–H groups in total. The number of benzene rings is 1. The zero-order chi connectivity index (χ0) is 16.1. The minimum Gasteiger partial charge on any atom is -0.484 e. The smallest absolute Gasteiger partial charge is 0.310 e. The van der Waals surface area contributed by atoms with Crippen LogP contribution in [0.25, 0.3) is 11.1 Å². The number of pyridine rings is 1. The predicted octanol–water partition coefficient (Wildman–Crippen LogP) is 2.33. The average molecular weight is 303 g/mol. The Morgan fingerprint density at radius 1 is 1.23 bits per heavy atom. The van der Waals surface area contributed by atoms with Gasteiger partial charge in [-0.05, 0) is 37.1 Å². The van der Waals surface area contributed by atoms with E-state index >= 15 is 0 Å². The predicted molar refractivity (Wildman–Crippen MR) is 81.6 cm³/mol. The van der Waals surface area contributed by atoms with Crippen LogP contribution < -0.4 is 9.30 Å². The molecule has 6 heteroatoms. The van der Waals surface area contributed by atoms with E-state index in [2.05, 4.69) is 0 Å². The van der Waals surface area contributed by atoms with Crippen molar-refractivity contribution in [1.29, 1.82) is 0 Å². The zero-order valence-corrected chi connectivity index (χ0v) is 12.6. The van der Waals surface area contributed by atoms with Crippen LogP contribution in [0, 0.1) is 10.1 Å². The summed E-state index contributed by atoms with van der Waals surface area (Å²) in [7, 11) is 0. The summed E-state index contributed by atoms with van der Waals surface area (Å²) in [6.07, 6.45) is 3.57. The number of aliphatic hydroxyl groups excluding tert-OH is 1. The number of hydrogen-bond donors (Lipinski definition) is 1. The van der Waals surface area contributed by atoms with Crippen LogP contribution in [0.1, 0.15) is 13.8 Å². The van der Waals surface area contributed by atoms with Crippen LogP contribution in [-0.2, 0) is 6.54 Å².